The number of halogens is 2. The number of hydrogen-bond donors (Lipinski definition) is 1. The number of rotatable bonds is 3. The molecule has 25 heavy (non-hydrogen) atoms. The average molecular weight is 379 g/mol. The Hall–Kier alpha value is -1.76. The molecule has 1 N–H and O–H groups in total. The molecule has 1 aliphatic heterocycles. The molecule has 0 atom stereocenters. The minimum Gasteiger partial charge on any atom is -0.348 e. The Morgan fingerprint density at radius 2 is 2.08 bits per heavy atom. The second-order valence-corrected chi connectivity index (χ2v) is 6.79. The molecule has 1 aromatic heterocycles. The van der Waals surface area contributed by atoms with Crippen molar-refractivity contribution < 1.29 is 4.39 Å². The van der Waals surface area contributed by atoms with Gasteiger partial charge in [0.1, 0.15) is 5.82 Å². The van der Waals surface area contributed by atoms with Crippen LogP contribution in [-0.4, -0.2) is 46.1 Å². The standard InChI is InChI=1S/C18H20ClFN4S/c19-16-12-14(5-6-17(16)20)22-18(25)24-9-3-8-23(10-11-24)13-15-4-1-2-7-21-15/h1-2,4-7,12H,3,8-11,13H2,(H,22,25). The molecule has 132 valence electrons. The van der Waals surface area contributed by atoms with Gasteiger partial charge in [-0.1, -0.05) is 17.7 Å². The van der Waals surface area contributed by atoms with E-state index in [0.29, 0.717) is 10.8 Å². The zero-order valence-corrected chi connectivity index (χ0v) is 15.4. The fraction of sp³-hybridized carbons (Fsp3) is 0.333. The zero-order chi connectivity index (χ0) is 17.6. The second kappa shape index (κ2) is 8.56. The van der Waals surface area contributed by atoms with Crippen LogP contribution in [0.3, 0.4) is 0 Å². The molecule has 2 aromatic rings. The third-order valence-electron chi connectivity index (χ3n) is 4.16. The largest absolute Gasteiger partial charge is 0.348 e. The van der Waals surface area contributed by atoms with Crippen molar-refractivity contribution in [2.24, 2.45) is 0 Å². The summed E-state index contributed by atoms with van der Waals surface area (Å²) in [6, 6.07) is 10.5. The number of hydrogen-bond acceptors (Lipinski definition) is 3. The maximum Gasteiger partial charge on any atom is 0.173 e. The van der Waals surface area contributed by atoms with Gasteiger partial charge in [0.2, 0.25) is 0 Å². The third kappa shape index (κ3) is 5.11. The molecule has 0 radical (unpaired) electrons. The van der Waals surface area contributed by atoms with E-state index in [-0.39, 0.29) is 5.02 Å². The van der Waals surface area contributed by atoms with E-state index in [1.807, 2.05) is 24.4 Å². The quantitative estimate of drug-likeness (QED) is 0.821. The lowest BCUT2D eigenvalue weighted by atomic mass is 10.3. The first-order valence-electron chi connectivity index (χ1n) is 8.25. The zero-order valence-electron chi connectivity index (χ0n) is 13.8. The first-order chi connectivity index (χ1) is 12.1. The van der Waals surface area contributed by atoms with Gasteiger partial charge in [0, 0.05) is 44.6 Å². The molecular formula is C18H20ClFN4S. The number of thiocarbonyl (C=S) groups is 1. The van der Waals surface area contributed by atoms with Crippen LogP contribution in [0.1, 0.15) is 12.1 Å². The van der Waals surface area contributed by atoms with E-state index in [4.69, 9.17) is 23.8 Å². The van der Waals surface area contributed by atoms with E-state index in [2.05, 4.69) is 20.1 Å². The molecule has 0 unspecified atom stereocenters. The number of nitrogens with zero attached hydrogens (tertiary/aromatic N) is 3. The summed E-state index contributed by atoms with van der Waals surface area (Å²) in [4.78, 5) is 8.92. The Kier molecular flexibility index (Phi) is 6.18. The molecule has 0 spiro atoms. The highest BCUT2D eigenvalue weighted by atomic mass is 35.5. The van der Waals surface area contributed by atoms with Crippen LogP contribution >= 0.6 is 23.8 Å². The van der Waals surface area contributed by atoms with E-state index in [1.165, 1.54) is 6.07 Å². The van der Waals surface area contributed by atoms with Gasteiger partial charge in [0.25, 0.3) is 0 Å². The van der Waals surface area contributed by atoms with Gasteiger partial charge in [-0.05, 0) is 49.0 Å². The Morgan fingerprint density at radius 1 is 1.20 bits per heavy atom. The summed E-state index contributed by atoms with van der Waals surface area (Å²) in [5.74, 6) is -0.432. The van der Waals surface area contributed by atoms with Crippen molar-refractivity contribution in [3.63, 3.8) is 0 Å². The van der Waals surface area contributed by atoms with Crippen LogP contribution in [0.5, 0.6) is 0 Å². The van der Waals surface area contributed by atoms with Gasteiger partial charge in [-0.2, -0.15) is 0 Å². The van der Waals surface area contributed by atoms with Crippen molar-refractivity contribution in [2.45, 2.75) is 13.0 Å². The third-order valence-corrected chi connectivity index (χ3v) is 4.81. The molecule has 0 bridgehead atoms. The second-order valence-electron chi connectivity index (χ2n) is 6.00. The Labute approximate surface area is 157 Å². The van der Waals surface area contributed by atoms with Crippen LogP contribution in [0.4, 0.5) is 10.1 Å². The first kappa shape index (κ1) is 18.0. The van der Waals surface area contributed by atoms with Crippen LogP contribution in [0.15, 0.2) is 42.6 Å². The summed E-state index contributed by atoms with van der Waals surface area (Å²) in [6.45, 7) is 4.51. The SMILES string of the molecule is Fc1ccc(NC(=S)N2CCCN(Cc3ccccn3)CC2)cc1Cl. The van der Waals surface area contributed by atoms with Crippen molar-refractivity contribution in [3.05, 3.63) is 59.1 Å². The maximum atomic E-state index is 13.3. The monoisotopic (exact) mass is 378 g/mol. The Balaban J connectivity index is 1.55. The topological polar surface area (TPSA) is 31.4 Å². The highest BCUT2D eigenvalue weighted by Crippen LogP contribution is 2.20. The van der Waals surface area contributed by atoms with Crippen LogP contribution in [0, 0.1) is 5.82 Å². The van der Waals surface area contributed by atoms with Crippen molar-refractivity contribution in [3.8, 4) is 0 Å². The highest BCUT2D eigenvalue weighted by molar-refractivity contribution is 7.80. The van der Waals surface area contributed by atoms with Gasteiger partial charge in [0.15, 0.2) is 5.11 Å². The molecule has 1 aromatic carbocycles. The van der Waals surface area contributed by atoms with Crippen molar-refractivity contribution in [2.75, 3.05) is 31.5 Å². The van der Waals surface area contributed by atoms with Crippen LogP contribution in [-0.2, 0) is 6.54 Å². The fourth-order valence-electron chi connectivity index (χ4n) is 2.83. The predicted molar refractivity (Wildman–Crippen MR) is 103 cm³/mol. The van der Waals surface area contributed by atoms with E-state index in [1.54, 1.807) is 12.1 Å². The lowest BCUT2D eigenvalue weighted by Crippen LogP contribution is -2.37. The smallest absolute Gasteiger partial charge is 0.173 e. The molecule has 4 nitrogen and oxygen atoms in total. The molecule has 0 saturated carbocycles. The number of anilines is 1. The average Bonchev–Trinajstić information content (AvgIpc) is 2.85. The number of pyridine rings is 1. The molecule has 3 rings (SSSR count). The fourth-order valence-corrected chi connectivity index (χ4v) is 3.31. The lowest BCUT2D eigenvalue weighted by molar-refractivity contribution is 0.275. The normalized spacial score (nSPS) is 15.7. The Bertz CT molecular complexity index is 728. The van der Waals surface area contributed by atoms with Crippen molar-refractivity contribution in [1.29, 1.82) is 0 Å². The van der Waals surface area contributed by atoms with Gasteiger partial charge < -0.3 is 10.2 Å². The molecule has 1 saturated heterocycles. The van der Waals surface area contributed by atoms with E-state index < -0.39 is 5.82 Å². The predicted octanol–water partition coefficient (Wildman–Crippen LogP) is 3.78. The first-order valence-corrected chi connectivity index (χ1v) is 9.04. The molecule has 1 fully saturated rings. The lowest BCUT2D eigenvalue weighted by Gasteiger charge is -2.24. The number of benzene rings is 1. The molecule has 1 aliphatic rings. The van der Waals surface area contributed by atoms with Crippen LogP contribution < -0.4 is 5.32 Å². The van der Waals surface area contributed by atoms with Gasteiger partial charge in [-0.15, -0.1) is 0 Å². The van der Waals surface area contributed by atoms with Gasteiger partial charge >= 0.3 is 0 Å². The van der Waals surface area contributed by atoms with Crippen molar-refractivity contribution >= 4 is 34.6 Å². The summed E-state index contributed by atoms with van der Waals surface area (Å²) in [5, 5.41) is 3.88. The molecule has 0 amide bonds. The molecule has 2 heterocycles. The van der Waals surface area contributed by atoms with Crippen LogP contribution in [0.25, 0.3) is 0 Å². The number of nitrogens with one attached hydrogen (secondary N) is 1. The van der Waals surface area contributed by atoms with Gasteiger partial charge in [0.05, 0.1) is 10.7 Å². The summed E-state index contributed by atoms with van der Waals surface area (Å²) < 4.78 is 13.3. The maximum absolute atomic E-state index is 13.3. The minimum atomic E-state index is -0.432. The van der Waals surface area contributed by atoms with E-state index in [9.17, 15) is 4.39 Å². The van der Waals surface area contributed by atoms with E-state index >= 15 is 0 Å². The minimum absolute atomic E-state index is 0.0882. The summed E-state index contributed by atoms with van der Waals surface area (Å²) in [7, 11) is 0. The number of aromatic nitrogens is 1. The van der Waals surface area contributed by atoms with E-state index in [0.717, 1.165) is 44.8 Å². The molecule has 7 heteroatoms. The molecule has 0 aliphatic carbocycles. The summed E-state index contributed by atoms with van der Waals surface area (Å²) >= 11 is 11.3. The summed E-state index contributed by atoms with van der Waals surface area (Å²) in [6.07, 6.45) is 2.85. The van der Waals surface area contributed by atoms with Gasteiger partial charge in [-0.25, -0.2) is 4.39 Å². The highest BCUT2D eigenvalue weighted by Gasteiger charge is 2.17. The summed E-state index contributed by atoms with van der Waals surface area (Å²) in [5.41, 5.74) is 1.78. The van der Waals surface area contributed by atoms with Gasteiger partial charge in [-0.3, -0.25) is 9.88 Å². The van der Waals surface area contributed by atoms with Crippen molar-refractivity contribution in [1.82, 2.24) is 14.8 Å². The molecular weight excluding hydrogens is 359 g/mol. The van der Waals surface area contributed by atoms with Crippen LogP contribution in [0.2, 0.25) is 5.02 Å². The Morgan fingerprint density at radius 3 is 2.84 bits per heavy atom.